The van der Waals surface area contributed by atoms with Gasteiger partial charge in [-0.1, -0.05) is 11.6 Å². The summed E-state index contributed by atoms with van der Waals surface area (Å²) >= 11 is 9.11. The number of ether oxygens (including phenoxy) is 2. The summed E-state index contributed by atoms with van der Waals surface area (Å²) in [6, 6.07) is 20.0. The van der Waals surface area contributed by atoms with Crippen molar-refractivity contribution in [1.82, 2.24) is 9.29 Å². The van der Waals surface area contributed by atoms with Gasteiger partial charge in [0.05, 0.1) is 37.0 Å². The number of halogens is 1. The van der Waals surface area contributed by atoms with Crippen molar-refractivity contribution in [1.29, 1.82) is 0 Å². The zero-order chi connectivity index (χ0) is 27.9. The van der Waals surface area contributed by atoms with Crippen LogP contribution in [0.1, 0.15) is 5.69 Å². The van der Waals surface area contributed by atoms with Crippen LogP contribution in [0.3, 0.4) is 0 Å². The number of aromatic nitrogens is 1. The SMILES string of the molecule is COc1ccc(SN(CC(=O)O)Cc2cc3c(N(CC(=O)O)Sc4ccc(OC)cc4)ccc(Cl)c3[nH]2)cc1. The van der Waals surface area contributed by atoms with E-state index in [9.17, 15) is 19.8 Å². The van der Waals surface area contributed by atoms with Gasteiger partial charge >= 0.3 is 11.9 Å². The van der Waals surface area contributed by atoms with Crippen molar-refractivity contribution >= 4 is 64.0 Å². The van der Waals surface area contributed by atoms with Crippen molar-refractivity contribution in [3.63, 3.8) is 0 Å². The molecule has 1 aromatic heterocycles. The predicted molar refractivity (Wildman–Crippen MR) is 154 cm³/mol. The molecule has 0 aliphatic heterocycles. The van der Waals surface area contributed by atoms with Crippen LogP contribution in [0.2, 0.25) is 5.02 Å². The third-order valence-corrected chi connectivity index (χ3v) is 7.89. The largest absolute Gasteiger partial charge is 0.497 e. The molecule has 4 aromatic rings. The molecule has 0 saturated heterocycles. The van der Waals surface area contributed by atoms with E-state index in [1.807, 2.05) is 54.6 Å². The second kappa shape index (κ2) is 13.0. The minimum Gasteiger partial charge on any atom is -0.497 e. The lowest BCUT2D eigenvalue weighted by Crippen LogP contribution is -2.23. The first-order valence-electron chi connectivity index (χ1n) is 11.7. The number of carboxylic acid groups (broad SMARTS) is 2. The zero-order valence-corrected chi connectivity index (χ0v) is 23.5. The molecule has 3 N–H and O–H groups in total. The lowest BCUT2D eigenvalue weighted by atomic mass is 10.2. The molecule has 0 aliphatic carbocycles. The number of carbonyl (C=O) groups is 2. The number of nitrogens with one attached hydrogen (secondary N) is 1. The van der Waals surface area contributed by atoms with Gasteiger partial charge in [0.1, 0.15) is 24.6 Å². The minimum atomic E-state index is -0.988. The summed E-state index contributed by atoms with van der Waals surface area (Å²) in [7, 11) is 3.17. The standard InChI is InChI=1S/C27H26ClN3O6S2/c1-36-18-3-7-20(8-4-18)38-30(15-25(32)33)14-17-13-22-24(12-11-23(28)27(22)29-17)31(16-26(34)35)39-21-9-5-19(37-2)6-10-21/h3-13,29H,14-16H2,1-2H3,(H,32,33)(H,34,35). The molecule has 1 heterocycles. The number of carboxylic acids is 2. The number of rotatable bonds is 13. The maximum absolute atomic E-state index is 11.8. The molecule has 0 atom stereocenters. The Morgan fingerprint density at radius 1 is 0.846 bits per heavy atom. The van der Waals surface area contributed by atoms with Gasteiger partial charge in [0, 0.05) is 20.9 Å². The Hall–Kier alpha value is -3.51. The number of methoxy groups -OCH3 is 2. The van der Waals surface area contributed by atoms with Crippen LogP contribution in [0.4, 0.5) is 5.69 Å². The van der Waals surface area contributed by atoms with Gasteiger partial charge in [-0.25, -0.2) is 4.31 Å². The molecule has 12 heteroatoms. The molecule has 4 rings (SSSR count). The van der Waals surface area contributed by atoms with Crippen LogP contribution in [0, 0.1) is 0 Å². The highest BCUT2D eigenvalue weighted by Gasteiger charge is 2.20. The molecule has 0 saturated carbocycles. The Balaban J connectivity index is 1.64. The average molecular weight is 588 g/mol. The molecule has 3 aromatic carbocycles. The fraction of sp³-hybridized carbons (Fsp3) is 0.185. The Morgan fingerprint density at radius 2 is 1.41 bits per heavy atom. The van der Waals surface area contributed by atoms with E-state index in [1.165, 1.54) is 23.9 Å². The van der Waals surface area contributed by atoms with E-state index in [-0.39, 0.29) is 19.6 Å². The first-order chi connectivity index (χ1) is 18.7. The van der Waals surface area contributed by atoms with Crippen molar-refractivity contribution in [2.45, 2.75) is 16.3 Å². The normalized spacial score (nSPS) is 11.1. The zero-order valence-electron chi connectivity index (χ0n) is 21.1. The number of nitrogens with zero attached hydrogens (tertiary/aromatic N) is 2. The van der Waals surface area contributed by atoms with Gasteiger partial charge in [-0.2, -0.15) is 0 Å². The van der Waals surface area contributed by atoms with E-state index in [4.69, 9.17) is 21.1 Å². The number of hydrogen-bond donors (Lipinski definition) is 3. The van der Waals surface area contributed by atoms with Gasteiger partial charge in [0.15, 0.2) is 0 Å². The van der Waals surface area contributed by atoms with Gasteiger partial charge in [0.2, 0.25) is 0 Å². The number of aromatic amines is 1. The van der Waals surface area contributed by atoms with Crippen molar-refractivity contribution in [3.8, 4) is 11.5 Å². The molecule has 39 heavy (non-hydrogen) atoms. The molecule has 0 amide bonds. The molecule has 0 radical (unpaired) electrons. The van der Waals surface area contributed by atoms with E-state index in [2.05, 4.69) is 4.98 Å². The van der Waals surface area contributed by atoms with Gasteiger partial charge in [-0.05, 0) is 90.6 Å². The summed E-state index contributed by atoms with van der Waals surface area (Å²) in [5, 5.41) is 20.3. The number of aliphatic carboxylic acids is 2. The molecule has 0 unspecified atom stereocenters. The van der Waals surface area contributed by atoms with E-state index in [0.717, 1.165) is 20.9 Å². The maximum Gasteiger partial charge on any atom is 0.324 e. The van der Waals surface area contributed by atoms with E-state index in [0.29, 0.717) is 27.7 Å². The lowest BCUT2D eigenvalue weighted by molar-refractivity contribution is -0.137. The van der Waals surface area contributed by atoms with Crippen LogP contribution in [0.15, 0.2) is 76.5 Å². The first kappa shape index (κ1) is 28.5. The lowest BCUT2D eigenvalue weighted by Gasteiger charge is -2.22. The monoisotopic (exact) mass is 587 g/mol. The molecule has 204 valence electrons. The molecule has 0 bridgehead atoms. The van der Waals surface area contributed by atoms with Crippen LogP contribution in [0.25, 0.3) is 10.9 Å². The van der Waals surface area contributed by atoms with E-state index in [1.54, 1.807) is 35.0 Å². The van der Waals surface area contributed by atoms with Gasteiger partial charge in [0.25, 0.3) is 0 Å². The number of anilines is 1. The van der Waals surface area contributed by atoms with Crippen molar-refractivity contribution in [3.05, 3.63) is 77.4 Å². The van der Waals surface area contributed by atoms with E-state index < -0.39 is 11.9 Å². The van der Waals surface area contributed by atoms with Gasteiger partial charge < -0.3 is 29.0 Å². The maximum atomic E-state index is 11.8. The molecule has 0 aliphatic rings. The van der Waals surface area contributed by atoms with Crippen LogP contribution < -0.4 is 13.8 Å². The van der Waals surface area contributed by atoms with Crippen LogP contribution >= 0.6 is 35.5 Å². The second-order valence-corrected chi connectivity index (χ2v) is 11.0. The average Bonchev–Trinajstić information content (AvgIpc) is 3.33. The highest BCUT2D eigenvalue weighted by Crippen LogP contribution is 2.38. The smallest absolute Gasteiger partial charge is 0.324 e. The van der Waals surface area contributed by atoms with E-state index >= 15 is 0 Å². The molecular weight excluding hydrogens is 562 g/mol. The Morgan fingerprint density at radius 3 is 1.95 bits per heavy atom. The predicted octanol–water partition coefficient (Wildman–Crippen LogP) is 6.03. The Kier molecular flexibility index (Phi) is 9.52. The fourth-order valence-electron chi connectivity index (χ4n) is 3.83. The summed E-state index contributed by atoms with van der Waals surface area (Å²) in [6.07, 6.45) is 0. The Labute approximate surface area is 238 Å². The Bertz CT molecular complexity index is 1450. The number of H-pyrrole nitrogens is 1. The molecule has 0 spiro atoms. The summed E-state index contributed by atoms with van der Waals surface area (Å²) in [5.41, 5.74) is 2.03. The first-order valence-corrected chi connectivity index (χ1v) is 13.6. The molecular formula is C27H26ClN3O6S2. The number of fused-ring (bicyclic) bond motifs is 1. The third kappa shape index (κ3) is 7.54. The molecule has 9 nitrogen and oxygen atoms in total. The van der Waals surface area contributed by atoms with Crippen molar-refractivity contribution < 1.29 is 29.3 Å². The van der Waals surface area contributed by atoms with Crippen LogP contribution in [0.5, 0.6) is 11.5 Å². The number of hydrogen-bond acceptors (Lipinski definition) is 8. The number of benzene rings is 3. The quantitative estimate of drug-likeness (QED) is 0.160. The summed E-state index contributed by atoms with van der Waals surface area (Å²) < 4.78 is 13.8. The van der Waals surface area contributed by atoms with Crippen LogP contribution in [-0.2, 0) is 16.1 Å². The molecule has 0 fully saturated rings. The summed E-state index contributed by atoms with van der Waals surface area (Å²) in [5.74, 6) is -0.542. The highest BCUT2D eigenvalue weighted by molar-refractivity contribution is 8.00. The van der Waals surface area contributed by atoms with Crippen molar-refractivity contribution in [2.75, 3.05) is 31.6 Å². The second-order valence-electron chi connectivity index (χ2n) is 8.31. The summed E-state index contributed by atoms with van der Waals surface area (Å²) in [4.78, 5) is 28.3. The summed E-state index contributed by atoms with van der Waals surface area (Å²) in [6.45, 7) is -0.185. The third-order valence-electron chi connectivity index (χ3n) is 5.55. The van der Waals surface area contributed by atoms with Gasteiger partial charge in [-0.15, -0.1) is 0 Å². The fourth-order valence-corrected chi connectivity index (χ4v) is 5.92. The minimum absolute atomic E-state index is 0.203. The van der Waals surface area contributed by atoms with Crippen LogP contribution in [-0.4, -0.2) is 58.7 Å². The van der Waals surface area contributed by atoms with Gasteiger partial charge in [-0.3, -0.25) is 9.59 Å². The topological polar surface area (TPSA) is 115 Å². The van der Waals surface area contributed by atoms with Crippen molar-refractivity contribution in [2.24, 2.45) is 0 Å². The highest BCUT2D eigenvalue weighted by atomic mass is 35.5.